The van der Waals surface area contributed by atoms with Crippen LogP contribution in [0.5, 0.6) is 5.75 Å². The first kappa shape index (κ1) is 18.0. The van der Waals surface area contributed by atoms with E-state index in [-0.39, 0.29) is 23.9 Å². The monoisotopic (exact) mass is 482 g/mol. The van der Waals surface area contributed by atoms with E-state index in [0.29, 0.717) is 34.2 Å². The normalized spacial score (nSPS) is 10.6. The van der Waals surface area contributed by atoms with Crippen molar-refractivity contribution in [2.45, 2.75) is 13.8 Å². The van der Waals surface area contributed by atoms with Gasteiger partial charge in [0.2, 0.25) is 0 Å². The van der Waals surface area contributed by atoms with Crippen LogP contribution in [0.1, 0.15) is 12.5 Å². The molecule has 2 N–H and O–H groups in total. The summed E-state index contributed by atoms with van der Waals surface area (Å²) in [5, 5.41) is 0. The third-order valence-corrected chi connectivity index (χ3v) is 3.96. The number of rotatable bonds is 3. The molecule has 0 amide bonds. The summed E-state index contributed by atoms with van der Waals surface area (Å²) in [4.78, 5) is 13.5. The predicted octanol–water partition coefficient (Wildman–Crippen LogP) is 2.43. The van der Waals surface area contributed by atoms with Crippen molar-refractivity contribution in [3.8, 4) is 17.3 Å². The molecule has 3 aromatic heterocycles. The van der Waals surface area contributed by atoms with E-state index in [0.717, 1.165) is 16.7 Å². The van der Waals surface area contributed by atoms with E-state index in [1.54, 1.807) is 0 Å². The van der Waals surface area contributed by atoms with Crippen LogP contribution in [0.3, 0.4) is 0 Å². The minimum absolute atomic E-state index is 0. The van der Waals surface area contributed by atoms with Gasteiger partial charge < -0.3 is 15.0 Å². The summed E-state index contributed by atoms with van der Waals surface area (Å²) in [5.41, 5.74) is 9.22. The number of nitrogen functional groups attached to an aromatic ring is 1. The molecule has 0 aliphatic heterocycles. The van der Waals surface area contributed by atoms with Crippen molar-refractivity contribution < 1.29 is 4.74 Å². The number of anilines is 1. The van der Waals surface area contributed by atoms with Gasteiger partial charge in [-0.2, -0.15) is 0 Å². The van der Waals surface area contributed by atoms with Crippen molar-refractivity contribution in [1.82, 2.24) is 19.5 Å². The van der Waals surface area contributed by atoms with Crippen molar-refractivity contribution in [3.05, 3.63) is 28.4 Å². The second-order valence-electron chi connectivity index (χ2n) is 4.99. The Balaban J connectivity index is 0.00000192. The van der Waals surface area contributed by atoms with Crippen LogP contribution >= 0.6 is 15.9 Å². The van der Waals surface area contributed by atoms with Crippen molar-refractivity contribution in [3.63, 3.8) is 0 Å². The second-order valence-corrected chi connectivity index (χ2v) is 5.84. The Bertz CT molecular complexity index is 865. The number of pyridine rings is 2. The number of aromatic nitrogens is 4. The van der Waals surface area contributed by atoms with Gasteiger partial charge in [0.1, 0.15) is 17.1 Å². The zero-order chi connectivity index (χ0) is 15.9. The minimum atomic E-state index is 0. The van der Waals surface area contributed by atoms with Gasteiger partial charge in [-0.05, 0) is 41.4 Å². The van der Waals surface area contributed by atoms with Crippen molar-refractivity contribution in [2.75, 3.05) is 12.3 Å². The summed E-state index contributed by atoms with van der Waals surface area (Å²) in [6.07, 6.45) is 1.82. The summed E-state index contributed by atoms with van der Waals surface area (Å²) in [6.45, 7) is 4.45. The van der Waals surface area contributed by atoms with Gasteiger partial charge in [0.25, 0.3) is 0 Å². The molecule has 0 aromatic carbocycles. The summed E-state index contributed by atoms with van der Waals surface area (Å²) in [7, 11) is 1.91. The number of hydrogen-bond donors (Lipinski definition) is 1. The number of hydrogen-bond acceptors (Lipinski definition) is 5. The Morgan fingerprint density at radius 1 is 1.30 bits per heavy atom. The molecular weight excluding hydrogens is 465 g/mol. The summed E-state index contributed by atoms with van der Waals surface area (Å²) < 4.78 is 8.28. The summed E-state index contributed by atoms with van der Waals surface area (Å²) in [5.74, 6) is 1.71. The molecule has 23 heavy (non-hydrogen) atoms. The average Bonchev–Trinajstić information content (AvgIpc) is 2.79. The molecule has 0 bridgehead atoms. The van der Waals surface area contributed by atoms with Crippen LogP contribution in [0, 0.1) is 6.92 Å². The summed E-state index contributed by atoms with van der Waals surface area (Å²) >= 11 is 3.38. The van der Waals surface area contributed by atoms with E-state index in [1.165, 1.54) is 0 Å². The molecule has 3 heterocycles. The number of ether oxygens (including phenoxy) is 1. The first-order valence-electron chi connectivity index (χ1n) is 6.89. The number of nitrogens with two attached hydrogens (primary N) is 1. The number of imidazole rings is 1. The van der Waals surface area contributed by atoms with Crippen LogP contribution in [0.15, 0.2) is 22.8 Å². The fourth-order valence-corrected chi connectivity index (χ4v) is 2.60. The van der Waals surface area contributed by atoms with Crippen LogP contribution in [0.4, 0.5) is 5.82 Å². The molecule has 0 fully saturated rings. The van der Waals surface area contributed by atoms with Crippen LogP contribution in [-0.4, -0.2) is 50.0 Å². The van der Waals surface area contributed by atoms with Crippen LogP contribution in [0.2, 0.25) is 0 Å². The molecule has 3 rings (SSSR count). The third kappa shape index (κ3) is 3.30. The quantitative estimate of drug-likeness (QED) is 0.581. The third-order valence-electron chi connectivity index (χ3n) is 3.33. The van der Waals surface area contributed by atoms with E-state index in [1.807, 2.05) is 43.8 Å². The molecule has 0 spiro atoms. The van der Waals surface area contributed by atoms with Gasteiger partial charge in [0.05, 0.1) is 11.1 Å². The van der Waals surface area contributed by atoms with Crippen molar-refractivity contribution in [2.24, 2.45) is 7.05 Å². The number of aryl methyl sites for hydroxylation is 2. The molecular formula is C15H17BrN5OSn. The van der Waals surface area contributed by atoms with E-state index >= 15 is 0 Å². The standard InChI is InChI=1S/C15H16BrN5O.Sn.H/c1-4-22-11-6-9(16)13(17)20-12(11)15-19-10-5-8(2)7-18-14(10)21(15)3;;/h5-7H,4H2,1-3H3,(H2,17,20);;. The van der Waals surface area contributed by atoms with Gasteiger partial charge in [-0.15, -0.1) is 0 Å². The molecule has 0 atom stereocenters. The van der Waals surface area contributed by atoms with Crippen LogP contribution < -0.4 is 10.5 Å². The van der Waals surface area contributed by atoms with E-state index < -0.39 is 0 Å². The van der Waals surface area contributed by atoms with Gasteiger partial charge >= 0.3 is 23.9 Å². The Morgan fingerprint density at radius 3 is 2.74 bits per heavy atom. The molecule has 8 heteroatoms. The Labute approximate surface area is 159 Å². The van der Waals surface area contributed by atoms with Gasteiger partial charge in [-0.1, -0.05) is 0 Å². The predicted molar refractivity (Wildman–Crippen MR) is 96.9 cm³/mol. The molecule has 3 radical (unpaired) electrons. The molecule has 0 aliphatic carbocycles. The number of nitrogens with zero attached hydrogens (tertiary/aromatic N) is 4. The molecule has 3 aromatic rings. The van der Waals surface area contributed by atoms with Gasteiger partial charge in [0.15, 0.2) is 17.2 Å². The summed E-state index contributed by atoms with van der Waals surface area (Å²) in [6, 6.07) is 3.81. The van der Waals surface area contributed by atoms with Gasteiger partial charge in [-0.25, -0.2) is 15.0 Å². The first-order valence-corrected chi connectivity index (χ1v) is 7.68. The van der Waals surface area contributed by atoms with E-state index in [4.69, 9.17) is 10.5 Å². The Morgan fingerprint density at radius 2 is 2.04 bits per heavy atom. The zero-order valence-corrected chi connectivity index (χ0v) is 18.1. The average molecular weight is 482 g/mol. The Kier molecular flexibility index (Phi) is 5.51. The number of fused-ring (bicyclic) bond motifs is 1. The molecule has 0 saturated carbocycles. The van der Waals surface area contributed by atoms with Crippen LogP contribution in [0.25, 0.3) is 22.7 Å². The van der Waals surface area contributed by atoms with Crippen LogP contribution in [-0.2, 0) is 7.05 Å². The first-order chi connectivity index (χ1) is 10.5. The Hall–Kier alpha value is -1.35. The topological polar surface area (TPSA) is 78.8 Å². The SMILES string of the molecule is CCOc1cc(Br)c(N)nc1-c1nc2cc(C)cnc2n1C.[SnH]. The van der Waals surface area contributed by atoms with E-state index in [2.05, 4.69) is 30.9 Å². The molecule has 119 valence electrons. The van der Waals surface area contributed by atoms with E-state index in [9.17, 15) is 0 Å². The second kappa shape index (κ2) is 7.04. The van der Waals surface area contributed by atoms with Crippen molar-refractivity contribution in [1.29, 1.82) is 0 Å². The fraction of sp³-hybridized carbons (Fsp3) is 0.267. The zero-order valence-electron chi connectivity index (χ0n) is 13.2. The molecule has 6 nitrogen and oxygen atoms in total. The number of halogens is 1. The molecule has 0 unspecified atom stereocenters. The maximum absolute atomic E-state index is 5.93. The maximum atomic E-state index is 5.93. The van der Waals surface area contributed by atoms with Gasteiger partial charge in [-0.3, -0.25) is 0 Å². The molecule has 0 saturated heterocycles. The van der Waals surface area contributed by atoms with Gasteiger partial charge in [0, 0.05) is 19.3 Å². The fourth-order valence-electron chi connectivity index (χ4n) is 2.30. The molecule has 0 aliphatic rings. The van der Waals surface area contributed by atoms with Crippen molar-refractivity contribution >= 4 is 56.8 Å².